The van der Waals surface area contributed by atoms with E-state index in [0.29, 0.717) is 30.1 Å². The van der Waals surface area contributed by atoms with Crippen LogP contribution in [0.3, 0.4) is 0 Å². The number of carbonyl (C=O) groups excluding carboxylic acids is 1. The number of rotatable bonds is 11. The van der Waals surface area contributed by atoms with Crippen LogP contribution in [0.2, 0.25) is 0 Å². The fraction of sp³-hybridized carbons (Fsp3) is 0.459. The number of nitrogens with zero attached hydrogens (tertiary/aromatic N) is 5. The van der Waals surface area contributed by atoms with Gasteiger partial charge in [-0.05, 0) is 95.7 Å². The third kappa shape index (κ3) is 7.13. The van der Waals surface area contributed by atoms with Crippen LogP contribution in [0, 0.1) is 11.7 Å². The molecular weight excluding hydrogens is 613 g/mol. The molecule has 0 spiro atoms. The summed E-state index contributed by atoms with van der Waals surface area (Å²) in [5.74, 6) is 0.223. The summed E-state index contributed by atoms with van der Waals surface area (Å²) in [7, 11) is 2.05. The van der Waals surface area contributed by atoms with Crippen LogP contribution >= 0.6 is 0 Å². The number of ketones is 1. The van der Waals surface area contributed by atoms with Gasteiger partial charge in [0.15, 0.2) is 5.78 Å². The van der Waals surface area contributed by atoms with Gasteiger partial charge >= 0.3 is 5.97 Å². The van der Waals surface area contributed by atoms with Crippen molar-refractivity contribution in [1.29, 1.82) is 0 Å². The van der Waals surface area contributed by atoms with E-state index in [2.05, 4.69) is 21.4 Å². The van der Waals surface area contributed by atoms with Crippen molar-refractivity contribution in [2.24, 2.45) is 5.92 Å². The molecule has 1 atom stereocenters. The number of imidazole rings is 1. The number of pyridine rings is 1. The molecule has 0 bridgehead atoms. The van der Waals surface area contributed by atoms with Crippen molar-refractivity contribution in [3.8, 4) is 5.88 Å². The molecule has 3 aliphatic heterocycles. The van der Waals surface area contributed by atoms with E-state index < -0.39 is 11.8 Å². The van der Waals surface area contributed by atoms with Crippen LogP contribution in [0.4, 0.5) is 4.39 Å². The van der Waals surface area contributed by atoms with Gasteiger partial charge in [-0.3, -0.25) is 9.69 Å². The number of carboxylic acids is 1. The first-order valence-corrected chi connectivity index (χ1v) is 17.0. The predicted octanol–water partition coefficient (Wildman–Crippen LogP) is 5.54. The van der Waals surface area contributed by atoms with Gasteiger partial charge in [-0.25, -0.2) is 19.2 Å². The first kappa shape index (κ1) is 32.4. The van der Waals surface area contributed by atoms with E-state index >= 15 is 4.39 Å². The minimum absolute atomic E-state index is 0.0196. The Morgan fingerprint density at radius 2 is 1.73 bits per heavy atom. The van der Waals surface area contributed by atoms with Gasteiger partial charge in [0.05, 0.1) is 35.8 Å². The van der Waals surface area contributed by atoms with Crippen molar-refractivity contribution < 1.29 is 28.6 Å². The minimum atomic E-state index is -0.951. The average Bonchev–Trinajstić information content (AvgIpc) is 3.42. The molecule has 0 amide bonds. The fourth-order valence-corrected chi connectivity index (χ4v) is 7.06. The van der Waals surface area contributed by atoms with E-state index in [9.17, 15) is 14.7 Å². The van der Waals surface area contributed by atoms with Gasteiger partial charge in [-0.1, -0.05) is 18.2 Å². The second kappa shape index (κ2) is 14.1. The number of Topliss-reactive ketones (excluding diaryl/α,β-unsaturated/α-hetero) is 1. The van der Waals surface area contributed by atoms with Crippen molar-refractivity contribution >= 4 is 22.8 Å². The smallest absolute Gasteiger partial charge is 0.335 e. The first-order valence-electron chi connectivity index (χ1n) is 17.0. The van der Waals surface area contributed by atoms with Crippen LogP contribution in [-0.2, 0) is 24.4 Å². The Bertz CT molecular complexity index is 1790. The number of benzene rings is 2. The zero-order chi connectivity index (χ0) is 33.2. The molecule has 1 unspecified atom stereocenters. The summed E-state index contributed by atoms with van der Waals surface area (Å²) in [5, 5.41) is 9.54. The number of piperidine rings is 2. The lowest BCUT2D eigenvalue weighted by atomic mass is 9.89. The highest BCUT2D eigenvalue weighted by Gasteiger charge is 2.27. The summed E-state index contributed by atoms with van der Waals surface area (Å²) >= 11 is 0. The molecule has 0 saturated carbocycles. The maximum atomic E-state index is 15.0. The number of carboxylic acid groups (broad SMARTS) is 1. The number of hydrogen-bond acceptors (Lipinski definition) is 8. The second-order valence-corrected chi connectivity index (χ2v) is 13.4. The third-order valence-corrected chi connectivity index (χ3v) is 10.2. The molecule has 3 fully saturated rings. The number of aromatic nitrogens is 3. The fourth-order valence-electron chi connectivity index (χ4n) is 7.06. The van der Waals surface area contributed by atoms with E-state index in [1.807, 2.05) is 12.1 Å². The molecule has 252 valence electrons. The molecule has 1 N–H and O–H groups in total. The highest BCUT2D eigenvalue weighted by atomic mass is 19.1. The van der Waals surface area contributed by atoms with Gasteiger partial charge in [0.1, 0.15) is 18.2 Å². The SMILES string of the molecule is CN1CCC(C(=O)c2ccc(COc3cccc(C4CCN(Cc5nc6ccc(C(=O)O)cc6n5CC5CCO5)CC4)n3)c(F)c2)CC1. The Morgan fingerprint density at radius 1 is 0.958 bits per heavy atom. The monoisotopic (exact) mass is 655 g/mol. The van der Waals surface area contributed by atoms with Gasteiger partial charge < -0.3 is 24.0 Å². The Balaban J connectivity index is 0.954. The van der Waals surface area contributed by atoms with E-state index in [1.54, 1.807) is 36.4 Å². The summed E-state index contributed by atoms with van der Waals surface area (Å²) in [5.41, 5.74) is 3.65. The number of likely N-dealkylation sites (tertiary alicyclic amines) is 2. The topological polar surface area (TPSA) is 110 Å². The predicted molar refractivity (Wildman–Crippen MR) is 178 cm³/mol. The van der Waals surface area contributed by atoms with Crippen LogP contribution in [0.5, 0.6) is 5.88 Å². The van der Waals surface area contributed by atoms with Crippen molar-refractivity contribution in [1.82, 2.24) is 24.3 Å². The molecule has 10 nitrogen and oxygen atoms in total. The first-order chi connectivity index (χ1) is 23.3. The number of halogens is 1. The number of aromatic carboxylic acids is 1. The Labute approximate surface area is 279 Å². The van der Waals surface area contributed by atoms with Crippen LogP contribution in [0.25, 0.3) is 11.0 Å². The molecule has 0 aliphatic carbocycles. The lowest BCUT2D eigenvalue weighted by molar-refractivity contribution is -0.0592. The Hall–Kier alpha value is -4.19. The molecule has 48 heavy (non-hydrogen) atoms. The summed E-state index contributed by atoms with van der Waals surface area (Å²) < 4.78 is 28.8. The quantitative estimate of drug-likeness (QED) is 0.208. The number of ether oxygens (including phenoxy) is 2. The minimum Gasteiger partial charge on any atom is -0.478 e. The van der Waals surface area contributed by atoms with Gasteiger partial charge in [0, 0.05) is 41.3 Å². The summed E-state index contributed by atoms with van der Waals surface area (Å²) in [4.78, 5) is 38.8. The summed E-state index contributed by atoms with van der Waals surface area (Å²) in [6, 6.07) is 15.6. The van der Waals surface area contributed by atoms with Crippen molar-refractivity contribution in [3.63, 3.8) is 0 Å². The van der Waals surface area contributed by atoms with Crippen molar-refractivity contribution in [3.05, 3.63) is 88.6 Å². The van der Waals surface area contributed by atoms with Gasteiger partial charge in [-0.15, -0.1) is 0 Å². The van der Waals surface area contributed by atoms with E-state index in [1.165, 1.54) is 6.07 Å². The maximum Gasteiger partial charge on any atom is 0.335 e. The zero-order valence-corrected chi connectivity index (χ0v) is 27.3. The molecule has 5 heterocycles. The lowest BCUT2D eigenvalue weighted by Gasteiger charge is -2.32. The zero-order valence-electron chi connectivity index (χ0n) is 27.3. The van der Waals surface area contributed by atoms with Crippen LogP contribution in [-0.4, -0.2) is 87.1 Å². The van der Waals surface area contributed by atoms with Gasteiger partial charge in [0.25, 0.3) is 0 Å². The highest BCUT2D eigenvalue weighted by molar-refractivity contribution is 5.98. The summed E-state index contributed by atoms with van der Waals surface area (Å²) in [6.45, 7) is 5.62. The summed E-state index contributed by atoms with van der Waals surface area (Å²) in [6.07, 6.45) is 4.56. The van der Waals surface area contributed by atoms with Crippen molar-refractivity contribution in [2.45, 2.75) is 63.8 Å². The number of carbonyl (C=O) groups is 2. The highest BCUT2D eigenvalue weighted by Crippen LogP contribution is 2.30. The Morgan fingerprint density at radius 3 is 2.44 bits per heavy atom. The molecule has 4 aromatic rings. The van der Waals surface area contributed by atoms with E-state index in [0.717, 1.165) is 87.4 Å². The molecule has 11 heteroatoms. The Kier molecular flexibility index (Phi) is 9.52. The van der Waals surface area contributed by atoms with Gasteiger partial charge in [0.2, 0.25) is 5.88 Å². The van der Waals surface area contributed by atoms with Crippen molar-refractivity contribution in [2.75, 3.05) is 39.8 Å². The standard InChI is InChI=1S/C37H42FN5O5/c1-41-14-9-25(10-15-41)36(44)26-5-6-28(30(38)19-26)23-48-35-4-2-3-31(40-35)24-11-16-42(17-12-24)22-34-39-32-8-7-27(37(45)46)20-33(32)43(34)21-29-13-18-47-29/h2-8,19-20,24-25,29H,9-18,21-23H2,1H3,(H,45,46). The number of hydrogen-bond donors (Lipinski definition) is 1. The molecule has 3 aliphatic rings. The van der Waals surface area contributed by atoms with E-state index in [-0.39, 0.29) is 35.9 Å². The lowest BCUT2D eigenvalue weighted by Crippen LogP contribution is -2.35. The molecule has 2 aromatic heterocycles. The average molecular weight is 656 g/mol. The van der Waals surface area contributed by atoms with Crippen LogP contribution < -0.4 is 4.74 Å². The molecule has 3 saturated heterocycles. The number of fused-ring (bicyclic) bond motifs is 1. The maximum absolute atomic E-state index is 15.0. The molecular formula is C37H42FN5O5. The molecule has 7 rings (SSSR count). The third-order valence-electron chi connectivity index (χ3n) is 10.2. The largest absolute Gasteiger partial charge is 0.478 e. The normalized spacial score (nSPS) is 19.8. The van der Waals surface area contributed by atoms with Gasteiger partial charge in [-0.2, -0.15) is 0 Å². The van der Waals surface area contributed by atoms with Crippen LogP contribution in [0.15, 0.2) is 54.6 Å². The second-order valence-electron chi connectivity index (χ2n) is 13.4. The van der Waals surface area contributed by atoms with E-state index in [4.69, 9.17) is 19.4 Å². The molecule has 0 radical (unpaired) electrons. The molecule has 2 aromatic carbocycles. The van der Waals surface area contributed by atoms with Crippen LogP contribution in [0.1, 0.15) is 75.8 Å².